The molecule has 0 aromatic heterocycles. The van der Waals surface area contributed by atoms with Crippen LogP contribution in [0.5, 0.6) is 11.5 Å². The van der Waals surface area contributed by atoms with Gasteiger partial charge in [-0.3, -0.25) is 9.59 Å². The Balaban J connectivity index is 1.97. The van der Waals surface area contributed by atoms with Crippen LogP contribution in [0.2, 0.25) is 0 Å². The minimum atomic E-state index is -0.749. The van der Waals surface area contributed by atoms with E-state index in [4.69, 9.17) is 9.47 Å². The molecule has 2 amide bonds. The Labute approximate surface area is 168 Å². The minimum Gasteiger partial charge on any atom is -0.493 e. The Morgan fingerprint density at radius 3 is 2.43 bits per heavy atom. The van der Waals surface area contributed by atoms with Gasteiger partial charge in [0.25, 0.3) is 0 Å². The van der Waals surface area contributed by atoms with Crippen molar-refractivity contribution in [1.29, 1.82) is 0 Å². The van der Waals surface area contributed by atoms with Crippen molar-refractivity contribution in [3.05, 3.63) is 23.8 Å². The fourth-order valence-corrected chi connectivity index (χ4v) is 3.74. The number of methoxy groups -OCH3 is 2. The van der Waals surface area contributed by atoms with Crippen molar-refractivity contribution in [2.75, 3.05) is 20.8 Å². The lowest BCUT2D eigenvalue weighted by atomic mass is 9.80. The molecule has 0 heterocycles. The molecule has 2 N–H and O–H groups in total. The van der Waals surface area contributed by atoms with E-state index < -0.39 is 5.54 Å². The van der Waals surface area contributed by atoms with Gasteiger partial charge in [0.1, 0.15) is 5.54 Å². The lowest BCUT2D eigenvalue weighted by Gasteiger charge is -2.36. The zero-order chi connectivity index (χ0) is 20.4. The molecule has 1 saturated carbocycles. The van der Waals surface area contributed by atoms with Gasteiger partial charge in [0.05, 0.1) is 14.2 Å². The van der Waals surface area contributed by atoms with Crippen LogP contribution in [0.15, 0.2) is 18.2 Å². The summed E-state index contributed by atoms with van der Waals surface area (Å²) in [5.41, 5.74) is 0.249. The topological polar surface area (TPSA) is 76.7 Å². The first kappa shape index (κ1) is 22.1. The number of hydrogen-bond acceptors (Lipinski definition) is 4. The van der Waals surface area contributed by atoms with Crippen LogP contribution in [0.4, 0.5) is 0 Å². The van der Waals surface area contributed by atoms with Crippen LogP contribution >= 0.6 is 0 Å². The molecule has 0 radical (unpaired) electrons. The molecule has 0 atom stereocenters. The molecule has 0 spiro atoms. The molecule has 2 rings (SSSR count). The Kier molecular flexibility index (Phi) is 8.61. The second kappa shape index (κ2) is 10.9. The Bertz CT molecular complexity index is 654. The number of nitrogens with one attached hydrogen (secondary N) is 2. The van der Waals surface area contributed by atoms with Crippen molar-refractivity contribution in [3.8, 4) is 11.5 Å². The van der Waals surface area contributed by atoms with Crippen LogP contribution in [0, 0.1) is 0 Å². The largest absolute Gasteiger partial charge is 0.493 e. The van der Waals surface area contributed by atoms with Gasteiger partial charge in [0.2, 0.25) is 11.8 Å². The van der Waals surface area contributed by atoms with E-state index in [0.29, 0.717) is 43.7 Å². The molecule has 1 aromatic rings. The number of unbranched alkanes of at least 4 members (excludes halogenated alkanes) is 1. The average Bonchev–Trinajstić information content (AvgIpc) is 2.72. The lowest BCUT2D eigenvalue weighted by Crippen LogP contribution is -2.59. The molecule has 1 aliphatic rings. The Hall–Kier alpha value is -2.24. The molecule has 0 saturated heterocycles. The monoisotopic (exact) mass is 390 g/mol. The first-order valence-corrected chi connectivity index (χ1v) is 10.3. The van der Waals surface area contributed by atoms with Gasteiger partial charge in [0.15, 0.2) is 11.5 Å². The van der Waals surface area contributed by atoms with Crippen molar-refractivity contribution in [3.63, 3.8) is 0 Å². The van der Waals surface area contributed by atoms with Gasteiger partial charge in [-0.25, -0.2) is 0 Å². The van der Waals surface area contributed by atoms with E-state index in [1.54, 1.807) is 14.2 Å². The number of carbonyl (C=O) groups excluding carboxylic acids is 2. The molecule has 0 bridgehead atoms. The maximum atomic E-state index is 12.8. The number of amides is 2. The van der Waals surface area contributed by atoms with Crippen molar-refractivity contribution in [1.82, 2.24) is 10.6 Å². The van der Waals surface area contributed by atoms with E-state index in [2.05, 4.69) is 17.6 Å². The fourth-order valence-electron chi connectivity index (χ4n) is 3.74. The number of carbonyl (C=O) groups is 2. The Morgan fingerprint density at radius 2 is 1.79 bits per heavy atom. The van der Waals surface area contributed by atoms with Gasteiger partial charge >= 0.3 is 0 Å². The minimum absolute atomic E-state index is 0.0277. The van der Waals surface area contributed by atoms with Crippen molar-refractivity contribution in [2.45, 2.75) is 70.3 Å². The highest BCUT2D eigenvalue weighted by Gasteiger charge is 2.40. The first-order valence-electron chi connectivity index (χ1n) is 10.3. The molecular weight excluding hydrogens is 356 g/mol. The highest BCUT2D eigenvalue weighted by Crippen LogP contribution is 2.30. The van der Waals surface area contributed by atoms with Crippen LogP contribution < -0.4 is 20.1 Å². The summed E-state index contributed by atoms with van der Waals surface area (Å²) in [5.74, 6) is 1.21. The molecule has 1 aliphatic carbocycles. The van der Waals surface area contributed by atoms with Gasteiger partial charge in [-0.1, -0.05) is 38.7 Å². The molecule has 0 unspecified atom stereocenters. The van der Waals surface area contributed by atoms with E-state index in [-0.39, 0.29) is 11.8 Å². The van der Waals surface area contributed by atoms with Crippen molar-refractivity contribution < 1.29 is 19.1 Å². The van der Waals surface area contributed by atoms with E-state index in [0.717, 1.165) is 37.7 Å². The van der Waals surface area contributed by atoms with E-state index >= 15 is 0 Å². The number of benzene rings is 1. The number of ether oxygens (including phenoxy) is 2. The number of hydrogen-bond donors (Lipinski definition) is 2. The normalized spacial score (nSPS) is 15.5. The zero-order valence-corrected chi connectivity index (χ0v) is 17.4. The summed E-state index contributed by atoms with van der Waals surface area (Å²) in [5, 5.41) is 6.09. The molecule has 0 aliphatic heterocycles. The van der Waals surface area contributed by atoms with Gasteiger partial charge in [-0.2, -0.15) is 0 Å². The SMILES string of the molecule is CCCCNC(=O)C1(NC(=O)CCc2ccc(OC)c(OC)c2)CCCCC1. The third-order valence-corrected chi connectivity index (χ3v) is 5.43. The lowest BCUT2D eigenvalue weighted by molar-refractivity contribution is -0.135. The maximum absolute atomic E-state index is 12.8. The fraction of sp³-hybridized carbons (Fsp3) is 0.636. The predicted octanol–water partition coefficient (Wildman–Crippen LogP) is 3.37. The van der Waals surface area contributed by atoms with Gasteiger partial charge < -0.3 is 20.1 Å². The zero-order valence-electron chi connectivity index (χ0n) is 17.4. The quantitative estimate of drug-likeness (QED) is 0.601. The second-order valence-corrected chi connectivity index (χ2v) is 7.49. The summed E-state index contributed by atoms with van der Waals surface area (Å²) in [6.45, 7) is 2.76. The van der Waals surface area contributed by atoms with Crippen LogP contribution in [0.25, 0.3) is 0 Å². The highest BCUT2D eigenvalue weighted by molar-refractivity contribution is 5.91. The summed E-state index contributed by atoms with van der Waals surface area (Å²) in [6.07, 6.45) is 7.39. The van der Waals surface area contributed by atoms with Crippen LogP contribution in [-0.4, -0.2) is 38.1 Å². The van der Waals surface area contributed by atoms with Gasteiger partial charge in [-0.15, -0.1) is 0 Å². The highest BCUT2D eigenvalue weighted by atomic mass is 16.5. The van der Waals surface area contributed by atoms with Gasteiger partial charge in [-0.05, 0) is 43.4 Å². The van der Waals surface area contributed by atoms with Crippen LogP contribution in [-0.2, 0) is 16.0 Å². The molecule has 156 valence electrons. The molecule has 1 aromatic carbocycles. The summed E-state index contributed by atoms with van der Waals surface area (Å²) in [6, 6.07) is 5.66. The average molecular weight is 391 g/mol. The molecule has 1 fully saturated rings. The van der Waals surface area contributed by atoms with E-state index in [9.17, 15) is 9.59 Å². The number of rotatable bonds is 10. The molecule has 6 nitrogen and oxygen atoms in total. The smallest absolute Gasteiger partial charge is 0.245 e. The standard InChI is InChI=1S/C22H34N2O4/c1-4-5-15-23-21(26)22(13-7-6-8-14-22)24-20(25)12-10-17-9-11-18(27-2)19(16-17)28-3/h9,11,16H,4-8,10,12-15H2,1-3H3,(H,23,26)(H,24,25). The third-order valence-electron chi connectivity index (χ3n) is 5.43. The summed E-state index contributed by atoms with van der Waals surface area (Å²) < 4.78 is 10.6. The Morgan fingerprint density at radius 1 is 1.07 bits per heavy atom. The number of aryl methyl sites for hydroxylation is 1. The predicted molar refractivity (Wildman–Crippen MR) is 110 cm³/mol. The second-order valence-electron chi connectivity index (χ2n) is 7.49. The summed E-state index contributed by atoms with van der Waals surface area (Å²) in [7, 11) is 3.19. The van der Waals surface area contributed by atoms with E-state index in [1.807, 2.05) is 18.2 Å². The van der Waals surface area contributed by atoms with Crippen LogP contribution in [0.1, 0.15) is 63.9 Å². The van der Waals surface area contributed by atoms with Crippen LogP contribution in [0.3, 0.4) is 0 Å². The molecule has 28 heavy (non-hydrogen) atoms. The summed E-state index contributed by atoms with van der Waals surface area (Å²) >= 11 is 0. The van der Waals surface area contributed by atoms with E-state index in [1.165, 1.54) is 0 Å². The summed E-state index contributed by atoms with van der Waals surface area (Å²) in [4.78, 5) is 25.5. The van der Waals surface area contributed by atoms with Crippen molar-refractivity contribution >= 4 is 11.8 Å². The van der Waals surface area contributed by atoms with Crippen molar-refractivity contribution in [2.24, 2.45) is 0 Å². The van der Waals surface area contributed by atoms with Gasteiger partial charge in [0, 0.05) is 13.0 Å². The maximum Gasteiger partial charge on any atom is 0.245 e. The third kappa shape index (κ3) is 5.88. The molecule has 6 heteroatoms. The first-order chi connectivity index (χ1) is 13.5. The molecular formula is C22H34N2O4.